The Balaban J connectivity index is 2.10. The van der Waals surface area contributed by atoms with Gasteiger partial charge in [0, 0.05) is 5.69 Å². The minimum absolute atomic E-state index is 0.136. The molecule has 0 bridgehead atoms. The van der Waals surface area contributed by atoms with E-state index in [4.69, 9.17) is 4.74 Å². The number of nitrogens with one attached hydrogen (secondary N) is 1. The highest BCUT2D eigenvalue weighted by Gasteiger charge is 2.17. The zero-order chi connectivity index (χ0) is 16.1. The van der Waals surface area contributed by atoms with E-state index in [2.05, 4.69) is 12.2 Å². The van der Waals surface area contributed by atoms with Crippen LogP contribution in [-0.4, -0.2) is 12.0 Å². The summed E-state index contributed by atoms with van der Waals surface area (Å²) in [7, 11) is 0. The van der Waals surface area contributed by atoms with Crippen LogP contribution >= 0.6 is 0 Å². The number of aryl methyl sites for hydroxylation is 3. The molecule has 3 heteroatoms. The first-order chi connectivity index (χ1) is 10.5. The first kappa shape index (κ1) is 16.1. The van der Waals surface area contributed by atoms with E-state index in [0.717, 1.165) is 34.5 Å². The molecule has 0 aliphatic rings. The fraction of sp³-hybridized carbons (Fsp3) is 0.316. The Morgan fingerprint density at radius 1 is 1.09 bits per heavy atom. The average molecular weight is 297 g/mol. The Morgan fingerprint density at radius 3 is 2.36 bits per heavy atom. The van der Waals surface area contributed by atoms with Gasteiger partial charge in [0.25, 0.3) is 5.91 Å². The number of amides is 1. The van der Waals surface area contributed by atoms with E-state index in [9.17, 15) is 4.79 Å². The van der Waals surface area contributed by atoms with Gasteiger partial charge in [0.2, 0.25) is 0 Å². The molecule has 0 radical (unpaired) electrons. The predicted molar refractivity (Wildman–Crippen MR) is 90.5 cm³/mol. The molecule has 0 aromatic heterocycles. The van der Waals surface area contributed by atoms with Crippen molar-refractivity contribution in [2.45, 2.75) is 40.2 Å². The summed E-state index contributed by atoms with van der Waals surface area (Å²) < 4.78 is 5.84. The molecule has 0 unspecified atom stereocenters. The molecule has 0 spiro atoms. The Morgan fingerprint density at radius 2 is 1.73 bits per heavy atom. The third kappa shape index (κ3) is 3.67. The van der Waals surface area contributed by atoms with Gasteiger partial charge >= 0.3 is 0 Å². The van der Waals surface area contributed by atoms with Gasteiger partial charge < -0.3 is 10.1 Å². The van der Waals surface area contributed by atoms with E-state index in [1.54, 1.807) is 6.92 Å². The second-order valence-electron chi connectivity index (χ2n) is 5.48. The lowest BCUT2D eigenvalue weighted by atomic mass is 10.1. The van der Waals surface area contributed by atoms with Gasteiger partial charge in [-0.1, -0.05) is 43.3 Å². The maximum absolute atomic E-state index is 12.4. The summed E-state index contributed by atoms with van der Waals surface area (Å²) >= 11 is 0. The molecule has 2 aromatic carbocycles. The molecule has 1 N–H and O–H groups in total. The lowest BCUT2D eigenvalue weighted by molar-refractivity contribution is -0.122. The highest BCUT2D eigenvalue weighted by atomic mass is 16.5. The molecular formula is C19H23NO2. The number of anilines is 1. The minimum Gasteiger partial charge on any atom is -0.481 e. The van der Waals surface area contributed by atoms with E-state index in [1.165, 1.54) is 0 Å². The van der Waals surface area contributed by atoms with E-state index in [-0.39, 0.29) is 5.91 Å². The van der Waals surface area contributed by atoms with Crippen LogP contribution in [0.25, 0.3) is 0 Å². The second-order valence-corrected chi connectivity index (χ2v) is 5.48. The molecule has 1 atom stereocenters. The minimum atomic E-state index is -0.549. The number of para-hydroxylation sites is 2. The molecule has 1 amide bonds. The Bertz CT molecular complexity index is 644. The Hall–Kier alpha value is -2.29. The van der Waals surface area contributed by atoms with E-state index in [1.807, 2.05) is 56.3 Å². The Kier molecular flexibility index (Phi) is 5.21. The summed E-state index contributed by atoms with van der Waals surface area (Å²) in [6.07, 6.45) is 0.327. The summed E-state index contributed by atoms with van der Waals surface area (Å²) in [4.78, 5) is 12.4. The highest BCUT2D eigenvalue weighted by molar-refractivity contribution is 5.95. The zero-order valence-corrected chi connectivity index (χ0v) is 13.6. The van der Waals surface area contributed by atoms with Crippen LogP contribution < -0.4 is 10.1 Å². The van der Waals surface area contributed by atoms with E-state index in [0.29, 0.717) is 0 Å². The number of carbonyl (C=O) groups is 1. The molecule has 116 valence electrons. The number of benzene rings is 2. The maximum atomic E-state index is 12.4. The summed E-state index contributed by atoms with van der Waals surface area (Å²) in [5.74, 6) is 0.637. The maximum Gasteiger partial charge on any atom is 0.265 e. The first-order valence-corrected chi connectivity index (χ1v) is 7.64. The van der Waals surface area contributed by atoms with Crippen LogP contribution in [-0.2, 0) is 11.2 Å². The lowest BCUT2D eigenvalue weighted by Crippen LogP contribution is -2.31. The van der Waals surface area contributed by atoms with Crippen molar-refractivity contribution < 1.29 is 9.53 Å². The van der Waals surface area contributed by atoms with Gasteiger partial charge in [-0.25, -0.2) is 0 Å². The van der Waals surface area contributed by atoms with Crippen LogP contribution in [0.5, 0.6) is 5.75 Å². The van der Waals surface area contributed by atoms with Gasteiger partial charge in [-0.3, -0.25) is 4.79 Å². The molecular weight excluding hydrogens is 274 g/mol. The third-order valence-corrected chi connectivity index (χ3v) is 3.76. The number of rotatable bonds is 5. The van der Waals surface area contributed by atoms with E-state index >= 15 is 0 Å². The van der Waals surface area contributed by atoms with Crippen molar-refractivity contribution in [2.24, 2.45) is 0 Å². The molecule has 0 aliphatic heterocycles. The monoisotopic (exact) mass is 297 g/mol. The van der Waals surface area contributed by atoms with Crippen LogP contribution in [0, 0.1) is 13.8 Å². The second kappa shape index (κ2) is 7.12. The molecule has 2 aromatic rings. The van der Waals surface area contributed by atoms with Gasteiger partial charge in [0.05, 0.1) is 0 Å². The van der Waals surface area contributed by atoms with Gasteiger partial charge in [0.15, 0.2) is 6.10 Å². The standard InChI is InChI=1S/C19H23NO2/c1-5-16-11-6-7-12-17(16)22-15(4)19(21)20-18-13(2)9-8-10-14(18)3/h6-12,15H,5H2,1-4H3,(H,20,21)/t15-/m0/s1. The van der Waals surface area contributed by atoms with Crippen molar-refractivity contribution in [3.63, 3.8) is 0 Å². The number of hydrogen-bond donors (Lipinski definition) is 1. The van der Waals surface area contributed by atoms with Gasteiger partial charge in [0.1, 0.15) is 5.75 Å². The fourth-order valence-electron chi connectivity index (χ4n) is 2.39. The van der Waals surface area contributed by atoms with Crippen molar-refractivity contribution in [2.75, 3.05) is 5.32 Å². The summed E-state index contributed by atoms with van der Waals surface area (Å²) in [6.45, 7) is 7.82. The SMILES string of the molecule is CCc1ccccc1O[C@@H](C)C(=O)Nc1c(C)cccc1C. The molecule has 22 heavy (non-hydrogen) atoms. The molecule has 0 fully saturated rings. The van der Waals surface area contributed by atoms with Crippen molar-refractivity contribution in [3.05, 3.63) is 59.2 Å². The third-order valence-electron chi connectivity index (χ3n) is 3.76. The number of ether oxygens (including phenoxy) is 1. The number of carbonyl (C=O) groups excluding carboxylic acids is 1. The topological polar surface area (TPSA) is 38.3 Å². The quantitative estimate of drug-likeness (QED) is 0.895. The van der Waals surface area contributed by atoms with Crippen molar-refractivity contribution >= 4 is 11.6 Å². The molecule has 0 saturated heterocycles. The van der Waals surface area contributed by atoms with Crippen LogP contribution in [0.4, 0.5) is 5.69 Å². The summed E-state index contributed by atoms with van der Waals surface area (Å²) in [6, 6.07) is 13.8. The summed E-state index contributed by atoms with van der Waals surface area (Å²) in [5, 5.41) is 2.97. The van der Waals surface area contributed by atoms with Gasteiger partial charge in [-0.15, -0.1) is 0 Å². The number of hydrogen-bond acceptors (Lipinski definition) is 2. The van der Waals surface area contributed by atoms with Crippen LogP contribution in [0.2, 0.25) is 0 Å². The molecule has 0 saturated carbocycles. The van der Waals surface area contributed by atoms with Gasteiger partial charge in [-0.2, -0.15) is 0 Å². The molecule has 2 rings (SSSR count). The molecule has 0 aliphatic carbocycles. The average Bonchev–Trinajstić information content (AvgIpc) is 2.51. The molecule has 0 heterocycles. The largest absolute Gasteiger partial charge is 0.481 e. The van der Waals surface area contributed by atoms with Crippen LogP contribution in [0.15, 0.2) is 42.5 Å². The van der Waals surface area contributed by atoms with Crippen molar-refractivity contribution in [3.8, 4) is 5.75 Å². The van der Waals surface area contributed by atoms with Crippen molar-refractivity contribution in [1.82, 2.24) is 0 Å². The predicted octanol–water partition coefficient (Wildman–Crippen LogP) is 4.27. The van der Waals surface area contributed by atoms with Gasteiger partial charge in [-0.05, 0) is 49.9 Å². The normalized spacial score (nSPS) is 11.8. The van der Waals surface area contributed by atoms with E-state index < -0.39 is 6.10 Å². The Labute approximate surface area is 132 Å². The fourth-order valence-corrected chi connectivity index (χ4v) is 2.39. The van der Waals surface area contributed by atoms with Crippen LogP contribution in [0.3, 0.4) is 0 Å². The lowest BCUT2D eigenvalue weighted by Gasteiger charge is -2.18. The summed E-state index contributed by atoms with van der Waals surface area (Å²) in [5.41, 5.74) is 4.07. The van der Waals surface area contributed by atoms with Crippen molar-refractivity contribution in [1.29, 1.82) is 0 Å². The smallest absolute Gasteiger partial charge is 0.265 e. The zero-order valence-electron chi connectivity index (χ0n) is 13.6. The molecule has 3 nitrogen and oxygen atoms in total. The first-order valence-electron chi connectivity index (χ1n) is 7.64. The highest BCUT2D eigenvalue weighted by Crippen LogP contribution is 2.22. The van der Waals surface area contributed by atoms with Crippen LogP contribution in [0.1, 0.15) is 30.5 Å².